The van der Waals surface area contributed by atoms with E-state index in [9.17, 15) is 8.42 Å². The van der Waals surface area contributed by atoms with Crippen LogP contribution in [0.5, 0.6) is 0 Å². The van der Waals surface area contributed by atoms with Crippen LogP contribution in [0, 0.1) is 0 Å². The molecule has 2 saturated heterocycles. The van der Waals surface area contributed by atoms with E-state index in [-0.39, 0.29) is 23.6 Å². The molecule has 0 amide bonds. The maximum atomic E-state index is 11.8. The van der Waals surface area contributed by atoms with E-state index in [2.05, 4.69) is 17.4 Å². The van der Waals surface area contributed by atoms with Gasteiger partial charge in [-0.25, -0.2) is 8.42 Å². The summed E-state index contributed by atoms with van der Waals surface area (Å²) < 4.78 is 23.7. The molecular formula is C15H14N2O2S2. The number of fused-ring (bicyclic) bond motifs is 2. The van der Waals surface area contributed by atoms with Crippen LogP contribution in [0.25, 0.3) is 10.8 Å². The van der Waals surface area contributed by atoms with Crippen LogP contribution in [0.2, 0.25) is 0 Å². The standard InChI is InChI=1S/C15H14N2O2S2/c18-21(19)8-13-14(9-21)17(15(20)16-13)12-6-5-10-3-1-2-4-11(10)7-12/h1-7,13-14H,8-9H2,(H,16,20)/t13-,14+/m0/s1. The Bertz CT molecular complexity index is 848. The quantitative estimate of drug-likeness (QED) is 0.811. The lowest BCUT2D eigenvalue weighted by atomic mass is 10.1. The second kappa shape index (κ2) is 4.42. The van der Waals surface area contributed by atoms with Gasteiger partial charge in [0, 0.05) is 5.69 Å². The van der Waals surface area contributed by atoms with Crippen molar-refractivity contribution in [3.05, 3.63) is 42.5 Å². The van der Waals surface area contributed by atoms with Gasteiger partial charge in [0.05, 0.1) is 23.6 Å². The fourth-order valence-electron chi connectivity index (χ4n) is 3.24. The van der Waals surface area contributed by atoms with Gasteiger partial charge >= 0.3 is 0 Å². The number of hydrogen-bond donors (Lipinski definition) is 1. The van der Waals surface area contributed by atoms with E-state index in [0.717, 1.165) is 16.5 Å². The van der Waals surface area contributed by atoms with Crippen LogP contribution < -0.4 is 10.2 Å². The first kappa shape index (κ1) is 13.0. The highest BCUT2D eigenvalue weighted by Gasteiger charge is 2.47. The molecule has 2 heterocycles. The molecule has 0 unspecified atom stereocenters. The lowest BCUT2D eigenvalue weighted by molar-refractivity contribution is 0.600. The van der Waals surface area contributed by atoms with E-state index < -0.39 is 9.84 Å². The van der Waals surface area contributed by atoms with Crippen LogP contribution in [-0.2, 0) is 9.84 Å². The average molecular weight is 318 g/mol. The number of anilines is 1. The molecule has 2 aromatic rings. The number of nitrogens with one attached hydrogen (secondary N) is 1. The summed E-state index contributed by atoms with van der Waals surface area (Å²) in [5.74, 6) is 0.333. The van der Waals surface area contributed by atoms with Crippen molar-refractivity contribution >= 4 is 43.6 Å². The van der Waals surface area contributed by atoms with Crippen LogP contribution in [-0.4, -0.2) is 37.1 Å². The summed E-state index contributed by atoms with van der Waals surface area (Å²) in [6.07, 6.45) is 0. The maximum Gasteiger partial charge on any atom is 0.174 e. The zero-order valence-electron chi connectivity index (χ0n) is 11.2. The van der Waals surface area contributed by atoms with E-state index in [4.69, 9.17) is 12.2 Å². The molecule has 6 heteroatoms. The summed E-state index contributed by atoms with van der Waals surface area (Å²) >= 11 is 5.39. The van der Waals surface area contributed by atoms with Crippen molar-refractivity contribution in [2.75, 3.05) is 16.4 Å². The fraction of sp³-hybridized carbons (Fsp3) is 0.267. The molecule has 2 atom stereocenters. The summed E-state index contributed by atoms with van der Waals surface area (Å²) in [5, 5.41) is 6.06. The van der Waals surface area contributed by atoms with Gasteiger partial charge in [0.25, 0.3) is 0 Å². The van der Waals surface area contributed by atoms with Crippen molar-refractivity contribution in [2.24, 2.45) is 0 Å². The average Bonchev–Trinajstić information content (AvgIpc) is 2.88. The Morgan fingerprint density at radius 3 is 2.67 bits per heavy atom. The predicted molar refractivity (Wildman–Crippen MR) is 88.4 cm³/mol. The van der Waals surface area contributed by atoms with Gasteiger partial charge in [-0.05, 0) is 35.1 Å². The minimum Gasteiger partial charge on any atom is -0.356 e. The van der Waals surface area contributed by atoms with Gasteiger partial charge in [-0.15, -0.1) is 0 Å². The summed E-state index contributed by atoms with van der Waals surface area (Å²) in [5.41, 5.74) is 0.954. The van der Waals surface area contributed by atoms with Gasteiger partial charge in [0.2, 0.25) is 0 Å². The Morgan fingerprint density at radius 2 is 1.86 bits per heavy atom. The molecule has 108 valence electrons. The second-order valence-electron chi connectivity index (χ2n) is 5.60. The minimum absolute atomic E-state index is 0.0889. The van der Waals surface area contributed by atoms with Gasteiger partial charge in [-0.1, -0.05) is 30.3 Å². The third-order valence-electron chi connectivity index (χ3n) is 4.19. The lowest BCUT2D eigenvalue weighted by Crippen LogP contribution is -2.36. The first-order chi connectivity index (χ1) is 10.0. The number of nitrogens with zero attached hydrogens (tertiary/aromatic N) is 1. The third-order valence-corrected chi connectivity index (χ3v) is 6.22. The number of benzene rings is 2. The Labute approximate surface area is 128 Å². The largest absolute Gasteiger partial charge is 0.356 e. The monoisotopic (exact) mass is 318 g/mol. The topological polar surface area (TPSA) is 49.4 Å². The van der Waals surface area contributed by atoms with E-state index in [1.54, 1.807) is 0 Å². The van der Waals surface area contributed by atoms with Crippen molar-refractivity contribution in [1.82, 2.24) is 5.32 Å². The van der Waals surface area contributed by atoms with Crippen molar-refractivity contribution in [1.29, 1.82) is 0 Å². The molecule has 0 bridgehead atoms. The number of rotatable bonds is 1. The Hall–Kier alpha value is -1.66. The van der Waals surface area contributed by atoms with E-state index in [1.165, 1.54) is 0 Å². The Morgan fingerprint density at radius 1 is 1.10 bits per heavy atom. The zero-order valence-corrected chi connectivity index (χ0v) is 12.8. The normalized spacial score (nSPS) is 26.9. The van der Waals surface area contributed by atoms with Crippen LogP contribution in [0.15, 0.2) is 42.5 Å². The fourth-order valence-corrected chi connectivity index (χ4v) is 5.52. The summed E-state index contributed by atoms with van der Waals surface area (Å²) in [6.45, 7) is 0. The first-order valence-electron chi connectivity index (χ1n) is 6.82. The van der Waals surface area contributed by atoms with Crippen molar-refractivity contribution in [3.63, 3.8) is 0 Å². The molecular weight excluding hydrogens is 304 g/mol. The highest BCUT2D eigenvalue weighted by atomic mass is 32.2. The maximum absolute atomic E-state index is 11.8. The van der Waals surface area contributed by atoms with Gasteiger partial charge in [0.1, 0.15) is 0 Å². The summed E-state index contributed by atoms with van der Waals surface area (Å²) in [7, 11) is -2.98. The molecule has 0 saturated carbocycles. The molecule has 0 spiro atoms. The van der Waals surface area contributed by atoms with Gasteiger partial charge in [-0.2, -0.15) is 0 Å². The van der Waals surface area contributed by atoms with Gasteiger partial charge in [0.15, 0.2) is 14.9 Å². The molecule has 0 aromatic heterocycles. The predicted octanol–water partition coefficient (Wildman–Crippen LogP) is 1.70. The highest BCUT2D eigenvalue weighted by molar-refractivity contribution is 7.91. The molecule has 1 N–H and O–H groups in total. The molecule has 2 aromatic carbocycles. The number of thiocarbonyl (C=S) groups is 1. The first-order valence-corrected chi connectivity index (χ1v) is 9.05. The van der Waals surface area contributed by atoms with Crippen LogP contribution in [0.4, 0.5) is 5.69 Å². The van der Waals surface area contributed by atoms with Crippen LogP contribution in [0.3, 0.4) is 0 Å². The zero-order chi connectivity index (χ0) is 14.6. The van der Waals surface area contributed by atoms with Crippen molar-refractivity contribution in [3.8, 4) is 0 Å². The summed E-state index contributed by atoms with van der Waals surface area (Å²) in [6, 6.07) is 14.0. The number of sulfone groups is 1. The molecule has 4 nitrogen and oxygen atoms in total. The van der Waals surface area contributed by atoms with Crippen LogP contribution >= 0.6 is 12.2 Å². The smallest absolute Gasteiger partial charge is 0.174 e. The molecule has 21 heavy (non-hydrogen) atoms. The Kier molecular flexibility index (Phi) is 2.74. The van der Waals surface area contributed by atoms with Crippen LogP contribution in [0.1, 0.15) is 0 Å². The second-order valence-corrected chi connectivity index (χ2v) is 8.14. The summed E-state index contributed by atoms with van der Waals surface area (Å²) in [4.78, 5) is 1.96. The minimum atomic E-state index is -2.98. The molecule has 0 radical (unpaired) electrons. The molecule has 2 fully saturated rings. The molecule has 4 rings (SSSR count). The van der Waals surface area contributed by atoms with Crippen molar-refractivity contribution in [2.45, 2.75) is 12.1 Å². The van der Waals surface area contributed by atoms with E-state index in [0.29, 0.717) is 5.11 Å². The molecule has 0 aliphatic carbocycles. The SMILES string of the molecule is O=S1(=O)C[C@@H]2NC(=S)N(c3ccc4ccccc4c3)[C@@H]2C1. The molecule has 2 aliphatic rings. The molecule has 2 aliphatic heterocycles. The number of hydrogen-bond acceptors (Lipinski definition) is 3. The van der Waals surface area contributed by atoms with Crippen molar-refractivity contribution < 1.29 is 8.42 Å². The highest BCUT2D eigenvalue weighted by Crippen LogP contribution is 2.31. The van der Waals surface area contributed by atoms with E-state index in [1.807, 2.05) is 35.2 Å². The van der Waals surface area contributed by atoms with Gasteiger partial charge < -0.3 is 10.2 Å². The third kappa shape index (κ3) is 2.10. The lowest BCUT2D eigenvalue weighted by Gasteiger charge is -2.23. The van der Waals surface area contributed by atoms with Gasteiger partial charge in [-0.3, -0.25) is 0 Å². The Balaban J connectivity index is 1.78. The van der Waals surface area contributed by atoms with E-state index >= 15 is 0 Å².